The third kappa shape index (κ3) is 5.24. The number of fused-ring (bicyclic) bond motifs is 1. The summed E-state index contributed by atoms with van der Waals surface area (Å²) < 4.78 is 48.7. The van der Waals surface area contributed by atoms with Gasteiger partial charge in [-0.05, 0) is 43.9 Å². The molecule has 0 spiro atoms. The predicted octanol–water partition coefficient (Wildman–Crippen LogP) is 2.92. The molecule has 1 N–H and O–H groups in total. The van der Waals surface area contributed by atoms with Gasteiger partial charge in [-0.2, -0.15) is 5.10 Å². The number of nitrogens with zero attached hydrogens (tertiary/aromatic N) is 3. The van der Waals surface area contributed by atoms with E-state index in [9.17, 15) is 18.0 Å². The van der Waals surface area contributed by atoms with Crippen LogP contribution in [-0.2, 0) is 30.7 Å². The standard InChI is InChI=1S/C22H27F3N4O3/c1-2-29-19-7-6-16(26-14-15-4-3-5-17(12-15)32-22(23,24)25)13-18(19)20(27-29)21(30)28-8-10-31-11-9-28/h3-5,12,16,26H,2,6-11,13-14H2,1H3/t16-/m0/s1. The number of ether oxygens (including phenoxy) is 2. The monoisotopic (exact) mass is 452 g/mol. The minimum Gasteiger partial charge on any atom is -0.406 e. The molecule has 1 saturated heterocycles. The van der Waals surface area contributed by atoms with Crippen molar-refractivity contribution < 1.29 is 27.4 Å². The van der Waals surface area contributed by atoms with E-state index in [1.807, 2.05) is 11.6 Å². The summed E-state index contributed by atoms with van der Waals surface area (Å²) in [6, 6.07) is 6.07. The lowest BCUT2D eigenvalue weighted by atomic mass is 9.91. The number of aryl methyl sites for hydroxylation is 1. The molecular weight excluding hydrogens is 425 g/mol. The maximum Gasteiger partial charge on any atom is 0.573 e. The van der Waals surface area contributed by atoms with Crippen LogP contribution >= 0.6 is 0 Å². The molecule has 7 nitrogen and oxygen atoms in total. The van der Waals surface area contributed by atoms with E-state index in [1.165, 1.54) is 12.1 Å². The van der Waals surface area contributed by atoms with E-state index < -0.39 is 6.36 Å². The van der Waals surface area contributed by atoms with E-state index in [0.29, 0.717) is 57.1 Å². The highest BCUT2D eigenvalue weighted by atomic mass is 19.4. The number of alkyl halides is 3. The van der Waals surface area contributed by atoms with Gasteiger partial charge >= 0.3 is 6.36 Å². The smallest absolute Gasteiger partial charge is 0.406 e. The number of rotatable bonds is 6. The van der Waals surface area contributed by atoms with Crippen molar-refractivity contribution >= 4 is 5.91 Å². The van der Waals surface area contributed by atoms with Crippen molar-refractivity contribution in [3.8, 4) is 5.75 Å². The highest BCUT2D eigenvalue weighted by Crippen LogP contribution is 2.27. The molecule has 0 bridgehead atoms. The number of aromatic nitrogens is 2. The zero-order valence-corrected chi connectivity index (χ0v) is 18.0. The van der Waals surface area contributed by atoms with Crippen LogP contribution in [0.4, 0.5) is 13.2 Å². The lowest BCUT2D eigenvalue weighted by Gasteiger charge is -2.28. The Morgan fingerprint density at radius 1 is 1.31 bits per heavy atom. The number of morpholine rings is 1. The Balaban J connectivity index is 1.44. The molecule has 32 heavy (non-hydrogen) atoms. The van der Waals surface area contributed by atoms with Gasteiger partial charge in [-0.25, -0.2) is 0 Å². The molecular formula is C22H27F3N4O3. The maximum absolute atomic E-state index is 13.1. The fraction of sp³-hybridized carbons (Fsp3) is 0.545. The van der Waals surface area contributed by atoms with E-state index >= 15 is 0 Å². The first-order chi connectivity index (χ1) is 15.3. The van der Waals surface area contributed by atoms with Crippen LogP contribution in [-0.4, -0.2) is 59.3 Å². The molecule has 2 heterocycles. The van der Waals surface area contributed by atoms with Crippen LogP contribution in [0.2, 0.25) is 0 Å². The van der Waals surface area contributed by atoms with E-state index in [0.717, 1.165) is 24.1 Å². The fourth-order valence-electron chi connectivity index (χ4n) is 4.33. The Morgan fingerprint density at radius 3 is 2.81 bits per heavy atom. The van der Waals surface area contributed by atoms with Crippen LogP contribution in [0.1, 0.15) is 40.7 Å². The molecule has 174 valence electrons. The van der Waals surface area contributed by atoms with Crippen LogP contribution in [0.3, 0.4) is 0 Å². The number of halogens is 3. The first-order valence-electron chi connectivity index (χ1n) is 10.9. The topological polar surface area (TPSA) is 68.6 Å². The Hall–Kier alpha value is -2.59. The van der Waals surface area contributed by atoms with Crippen LogP contribution in [0, 0.1) is 0 Å². The molecule has 1 aliphatic heterocycles. The highest BCUT2D eigenvalue weighted by molar-refractivity contribution is 5.94. The molecule has 2 aliphatic rings. The zero-order valence-electron chi connectivity index (χ0n) is 18.0. The summed E-state index contributed by atoms with van der Waals surface area (Å²) in [6.45, 7) is 5.30. The Bertz CT molecular complexity index is 954. The summed E-state index contributed by atoms with van der Waals surface area (Å²) in [6.07, 6.45) is -2.40. The van der Waals surface area contributed by atoms with Gasteiger partial charge in [0.25, 0.3) is 5.91 Å². The van der Waals surface area contributed by atoms with Gasteiger partial charge < -0.3 is 19.7 Å². The van der Waals surface area contributed by atoms with Crippen molar-refractivity contribution in [2.24, 2.45) is 0 Å². The highest BCUT2D eigenvalue weighted by Gasteiger charge is 2.32. The first-order valence-corrected chi connectivity index (χ1v) is 10.9. The minimum absolute atomic E-state index is 0.0607. The van der Waals surface area contributed by atoms with Gasteiger partial charge in [0.05, 0.1) is 13.2 Å². The fourth-order valence-corrected chi connectivity index (χ4v) is 4.33. The normalized spacial score (nSPS) is 19.0. The van der Waals surface area contributed by atoms with Crippen molar-refractivity contribution in [3.63, 3.8) is 0 Å². The summed E-state index contributed by atoms with van der Waals surface area (Å²) in [5, 5.41) is 8.04. The van der Waals surface area contributed by atoms with E-state index in [4.69, 9.17) is 4.74 Å². The summed E-state index contributed by atoms with van der Waals surface area (Å²) in [5.41, 5.74) is 3.28. The number of benzene rings is 1. The van der Waals surface area contributed by atoms with Crippen LogP contribution in [0.15, 0.2) is 24.3 Å². The molecule has 1 aliphatic carbocycles. The van der Waals surface area contributed by atoms with Crippen LogP contribution < -0.4 is 10.1 Å². The molecule has 1 amide bonds. The summed E-state index contributed by atoms with van der Waals surface area (Å²) in [7, 11) is 0. The summed E-state index contributed by atoms with van der Waals surface area (Å²) in [4.78, 5) is 14.9. The Labute approximate surface area is 184 Å². The lowest BCUT2D eigenvalue weighted by molar-refractivity contribution is -0.274. The number of hydrogen-bond donors (Lipinski definition) is 1. The quantitative estimate of drug-likeness (QED) is 0.730. The molecule has 10 heteroatoms. The second-order valence-corrected chi connectivity index (χ2v) is 8.01. The molecule has 0 saturated carbocycles. The first kappa shape index (κ1) is 22.6. The molecule has 0 radical (unpaired) electrons. The number of nitrogens with one attached hydrogen (secondary N) is 1. The second kappa shape index (κ2) is 9.50. The van der Waals surface area contributed by atoms with Crippen molar-refractivity contribution in [3.05, 3.63) is 46.8 Å². The number of carbonyl (C=O) groups excluding carboxylic acids is 1. The largest absolute Gasteiger partial charge is 0.573 e. The average molecular weight is 452 g/mol. The lowest BCUT2D eigenvalue weighted by Crippen LogP contribution is -2.41. The maximum atomic E-state index is 13.1. The van der Waals surface area contributed by atoms with Gasteiger partial charge in [-0.1, -0.05) is 12.1 Å². The number of hydrogen-bond acceptors (Lipinski definition) is 5. The molecule has 1 atom stereocenters. The van der Waals surface area contributed by atoms with Crippen molar-refractivity contribution in [2.75, 3.05) is 26.3 Å². The van der Waals surface area contributed by atoms with Gasteiger partial charge in [0.15, 0.2) is 5.69 Å². The average Bonchev–Trinajstić information content (AvgIpc) is 3.15. The van der Waals surface area contributed by atoms with Crippen molar-refractivity contribution in [2.45, 2.75) is 51.7 Å². The molecule has 1 aromatic heterocycles. The van der Waals surface area contributed by atoms with Crippen molar-refractivity contribution in [1.29, 1.82) is 0 Å². The zero-order chi connectivity index (χ0) is 22.7. The van der Waals surface area contributed by atoms with E-state index in [-0.39, 0.29) is 17.7 Å². The van der Waals surface area contributed by atoms with Gasteiger partial charge in [-0.15, -0.1) is 13.2 Å². The number of carbonyl (C=O) groups is 1. The number of amides is 1. The molecule has 1 fully saturated rings. The van der Waals surface area contributed by atoms with Gasteiger partial charge in [0, 0.05) is 43.5 Å². The third-order valence-electron chi connectivity index (χ3n) is 5.87. The second-order valence-electron chi connectivity index (χ2n) is 8.01. The van der Waals surface area contributed by atoms with Crippen LogP contribution in [0.5, 0.6) is 5.75 Å². The molecule has 4 rings (SSSR count). The van der Waals surface area contributed by atoms with Gasteiger partial charge in [-0.3, -0.25) is 9.48 Å². The SMILES string of the molecule is CCn1nc(C(=O)N2CCOCC2)c2c1CC[C@H](NCc1cccc(OC(F)(F)F)c1)C2. The molecule has 2 aromatic rings. The van der Waals surface area contributed by atoms with Gasteiger partial charge in [0.1, 0.15) is 5.75 Å². The predicted molar refractivity (Wildman–Crippen MR) is 110 cm³/mol. The minimum atomic E-state index is -4.71. The van der Waals surface area contributed by atoms with E-state index in [1.54, 1.807) is 17.0 Å². The van der Waals surface area contributed by atoms with E-state index in [2.05, 4.69) is 15.2 Å². The molecule has 1 aromatic carbocycles. The Morgan fingerprint density at radius 2 is 2.09 bits per heavy atom. The van der Waals surface area contributed by atoms with Gasteiger partial charge in [0.2, 0.25) is 0 Å². The van der Waals surface area contributed by atoms with Crippen molar-refractivity contribution in [1.82, 2.24) is 20.0 Å². The summed E-state index contributed by atoms with van der Waals surface area (Å²) >= 11 is 0. The van der Waals surface area contributed by atoms with Crippen LogP contribution in [0.25, 0.3) is 0 Å². The Kier molecular flexibility index (Phi) is 6.71. The molecule has 0 unspecified atom stereocenters. The summed E-state index contributed by atoms with van der Waals surface area (Å²) in [5.74, 6) is -0.292. The third-order valence-corrected chi connectivity index (χ3v) is 5.87.